The van der Waals surface area contributed by atoms with Gasteiger partial charge in [0.2, 0.25) is 18.2 Å². The van der Waals surface area contributed by atoms with Crippen LogP contribution in [0.1, 0.15) is 10.4 Å². The molecule has 0 spiro atoms. The van der Waals surface area contributed by atoms with Gasteiger partial charge in [-0.05, 0) is 48.9 Å². The van der Waals surface area contributed by atoms with E-state index in [2.05, 4.69) is 15.5 Å². The molecule has 1 N–H and O–H groups in total. The maximum atomic E-state index is 13.9. The number of thiophene rings is 1. The SMILES string of the molecule is Cc1ccc(-c2nnco2)cc1NC(=O)/C=C/c1ccc(-c2ccccc2F)s1. The first-order valence-corrected chi connectivity index (χ1v) is 9.63. The van der Waals surface area contributed by atoms with Gasteiger partial charge in [-0.25, -0.2) is 4.39 Å². The van der Waals surface area contributed by atoms with E-state index in [1.165, 1.54) is 29.9 Å². The van der Waals surface area contributed by atoms with Crippen LogP contribution in [-0.2, 0) is 4.79 Å². The number of nitrogens with one attached hydrogen (secondary N) is 1. The summed E-state index contributed by atoms with van der Waals surface area (Å²) in [4.78, 5) is 14.0. The third-order valence-electron chi connectivity index (χ3n) is 4.27. The second-order valence-electron chi connectivity index (χ2n) is 6.28. The van der Waals surface area contributed by atoms with E-state index >= 15 is 0 Å². The average Bonchev–Trinajstić information content (AvgIpc) is 3.41. The van der Waals surface area contributed by atoms with Crippen molar-refractivity contribution in [1.29, 1.82) is 0 Å². The molecule has 0 saturated heterocycles. The van der Waals surface area contributed by atoms with Crippen molar-refractivity contribution in [3.05, 3.63) is 83.3 Å². The Morgan fingerprint density at radius 3 is 2.83 bits per heavy atom. The quantitative estimate of drug-likeness (QED) is 0.441. The third-order valence-corrected chi connectivity index (χ3v) is 5.35. The average molecular weight is 405 g/mol. The highest BCUT2D eigenvalue weighted by Crippen LogP contribution is 2.30. The molecular formula is C22H16FN3O2S. The molecule has 2 aromatic carbocycles. The van der Waals surface area contributed by atoms with Gasteiger partial charge in [0, 0.05) is 32.6 Å². The van der Waals surface area contributed by atoms with Crippen molar-refractivity contribution >= 4 is 29.0 Å². The lowest BCUT2D eigenvalue weighted by Gasteiger charge is -2.07. The number of hydrogen-bond donors (Lipinski definition) is 1. The Morgan fingerprint density at radius 2 is 2.03 bits per heavy atom. The lowest BCUT2D eigenvalue weighted by Crippen LogP contribution is -2.09. The Bertz CT molecular complexity index is 1180. The van der Waals surface area contributed by atoms with E-state index < -0.39 is 0 Å². The monoisotopic (exact) mass is 405 g/mol. The summed E-state index contributed by atoms with van der Waals surface area (Å²) < 4.78 is 19.1. The smallest absolute Gasteiger partial charge is 0.248 e. The van der Waals surface area contributed by atoms with Gasteiger partial charge in [-0.15, -0.1) is 21.5 Å². The van der Waals surface area contributed by atoms with Crippen molar-refractivity contribution in [1.82, 2.24) is 10.2 Å². The van der Waals surface area contributed by atoms with Crippen molar-refractivity contribution in [2.75, 3.05) is 5.32 Å². The predicted octanol–water partition coefficient (Wildman–Crippen LogP) is 5.56. The summed E-state index contributed by atoms with van der Waals surface area (Å²) in [6.07, 6.45) is 4.42. The van der Waals surface area contributed by atoms with Crippen LogP contribution < -0.4 is 5.32 Å². The molecule has 2 heterocycles. The first-order valence-electron chi connectivity index (χ1n) is 8.81. The summed E-state index contributed by atoms with van der Waals surface area (Å²) >= 11 is 1.42. The van der Waals surface area contributed by atoms with Crippen LogP contribution in [0.25, 0.3) is 28.0 Å². The molecule has 0 fully saturated rings. The van der Waals surface area contributed by atoms with Crippen LogP contribution in [0.15, 0.2) is 71.5 Å². The summed E-state index contributed by atoms with van der Waals surface area (Å²) in [6, 6.07) is 15.8. The van der Waals surface area contributed by atoms with Crippen molar-refractivity contribution in [3.8, 4) is 21.9 Å². The normalized spacial score (nSPS) is 11.1. The highest BCUT2D eigenvalue weighted by molar-refractivity contribution is 7.16. The largest absolute Gasteiger partial charge is 0.423 e. The lowest BCUT2D eigenvalue weighted by atomic mass is 10.1. The molecule has 4 rings (SSSR count). The fourth-order valence-corrected chi connectivity index (χ4v) is 3.71. The molecule has 144 valence electrons. The molecule has 0 aliphatic rings. The first kappa shape index (κ1) is 18.8. The van der Waals surface area contributed by atoms with Gasteiger partial charge in [0.25, 0.3) is 0 Å². The van der Waals surface area contributed by atoms with Crippen molar-refractivity contribution in [2.45, 2.75) is 6.92 Å². The molecule has 0 aliphatic carbocycles. The molecule has 4 aromatic rings. The van der Waals surface area contributed by atoms with Crippen LogP contribution in [-0.4, -0.2) is 16.1 Å². The van der Waals surface area contributed by atoms with Crippen molar-refractivity contribution < 1.29 is 13.6 Å². The van der Waals surface area contributed by atoms with E-state index in [0.717, 1.165) is 20.9 Å². The number of aryl methyl sites for hydroxylation is 1. The number of hydrogen-bond acceptors (Lipinski definition) is 5. The van der Waals surface area contributed by atoms with Crippen molar-refractivity contribution in [2.24, 2.45) is 0 Å². The zero-order valence-electron chi connectivity index (χ0n) is 15.4. The molecule has 0 atom stereocenters. The minimum atomic E-state index is -0.267. The van der Waals surface area contributed by atoms with Crippen LogP contribution in [0, 0.1) is 12.7 Å². The Kier molecular flexibility index (Phi) is 5.31. The van der Waals surface area contributed by atoms with E-state index in [-0.39, 0.29) is 11.7 Å². The molecule has 0 saturated carbocycles. The van der Waals surface area contributed by atoms with Gasteiger partial charge in [0.05, 0.1) is 0 Å². The standard InChI is InChI=1S/C22H16FN3O2S/c1-14-6-7-15(22-26-24-13-28-22)12-19(14)25-21(27)11-9-16-8-10-20(29-16)17-4-2-3-5-18(17)23/h2-13H,1H3,(H,25,27)/b11-9+. The van der Waals surface area contributed by atoms with Gasteiger partial charge in [0.15, 0.2) is 0 Å². The van der Waals surface area contributed by atoms with E-state index in [1.807, 2.05) is 31.2 Å². The molecule has 0 unspecified atom stereocenters. The number of carbonyl (C=O) groups excluding carboxylic acids is 1. The summed E-state index contributed by atoms with van der Waals surface area (Å²) in [5.74, 6) is -0.147. The molecule has 7 heteroatoms. The van der Waals surface area contributed by atoms with Crippen LogP contribution in [0.4, 0.5) is 10.1 Å². The predicted molar refractivity (Wildman–Crippen MR) is 112 cm³/mol. The molecule has 5 nitrogen and oxygen atoms in total. The number of rotatable bonds is 5. The Balaban J connectivity index is 1.47. The van der Waals surface area contributed by atoms with Gasteiger partial charge in [-0.3, -0.25) is 4.79 Å². The lowest BCUT2D eigenvalue weighted by molar-refractivity contribution is -0.111. The van der Waals surface area contributed by atoms with Gasteiger partial charge >= 0.3 is 0 Å². The molecule has 0 aliphatic heterocycles. The molecule has 0 bridgehead atoms. The number of nitrogens with zero attached hydrogens (tertiary/aromatic N) is 2. The Morgan fingerprint density at radius 1 is 1.17 bits per heavy atom. The fraction of sp³-hybridized carbons (Fsp3) is 0.0455. The van der Waals surface area contributed by atoms with Gasteiger partial charge in [-0.1, -0.05) is 24.3 Å². The minimum Gasteiger partial charge on any atom is -0.423 e. The summed E-state index contributed by atoms with van der Waals surface area (Å²) in [5.41, 5.74) is 2.84. The van der Waals surface area contributed by atoms with Crippen LogP contribution in [0.2, 0.25) is 0 Å². The number of benzene rings is 2. The Hall–Kier alpha value is -3.58. The van der Waals surface area contributed by atoms with E-state index in [9.17, 15) is 9.18 Å². The highest BCUT2D eigenvalue weighted by Gasteiger charge is 2.09. The van der Waals surface area contributed by atoms with Crippen LogP contribution in [0.3, 0.4) is 0 Å². The van der Waals surface area contributed by atoms with E-state index in [1.54, 1.807) is 30.3 Å². The second kappa shape index (κ2) is 8.20. The number of anilines is 1. The van der Waals surface area contributed by atoms with E-state index in [4.69, 9.17) is 4.42 Å². The van der Waals surface area contributed by atoms with Gasteiger partial charge < -0.3 is 9.73 Å². The van der Waals surface area contributed by atoms with E-state index in [0.29, 0.717) is 17.1 Å². The number of aromatic nitrogens is 2. The first-order chi connectivity index (χ1) is 14.1. The maximum Gasteiger partial charge on any atom is 0.248 e. The minimum absolute atomic E-state index is 0.265. The fourth-order valence-electron chi connectivity index (χ4n) is 2.77. The van der Waals surface area contributed by atoms with Crippen LogP contribution >= 0.6 is 11.3 Å². The molecule has 2 aromatic heterocycles. The van der Waals surface area contributed by atoms with Gasteiger partial charge in [-0.2, -0.15) is 0 Å². The van der Waals surface area contributed by atoms with Crippen molar-refractivity contribution in [3.63, 3.8) is 0 Å². The molecule has 0 radical (unpaired) electrons. The summed E-state index contributed by atoms with van der Waals surface area (Å²) in [6.45, 7) is 1.90. The zero-order valence-corrected chi connectivity index (χ0v) is 16.2. The van der Waals surface area contributed by atoms with Crippen LogP contribution in [0.5, 0.6) is 0 Å². The summed E-state index contributed by atoms with van der Waals surface area (Å²) in [5, 5.41) is 10.4. The third kappa shape index (κ3) is 4.30. The second-order valence-corrected chi connectivity index (χ2v) is 7.39. The molecule has 1 amide bonds. The zero-order chi connectivity index (χ0) is 20.2. The molecular weight excluding hydrogens is 389 g/mol. The number of carbonyl (C=O) groups is 1. The van der Waals surface area contributed by atoms with Gasteiger partial charge in [0.1, 0.15) is 5.82 Å². The Labute approximate surface area is 170 Å². The summed E-state index contributed by atoms with van der Waals surface area (Å²) in [7, 11) is 0. The molecule has 29 heavy (non-hydrogen) atoms. The number of halogens is 1. The highest BCUT2D eigenvalue weighted by atomic mass is 32.1. The topological polar surface area (TPSA) is 68.0 Å². The number of amides is 1. The maximum absolute atomic E-state index is 13.9.